The summed E-state index contributed by atoms with van der Waals surface area (Å²) in [6.07, 6.45) is 0.467. The van der Waals surface area contributed by atoms with E-state index in [4.69, 9.17) is 28.9 Å². The zero-order valence-electron chi connectivity index (χ0n) is 35.6. The lowest BCUT2D eigenvalue weighted by atomic mass is 9.97. The monoisotopic (exact) mass is 1030 g/mol. The summed E-state index contributed by atoms with van der Waals surface area (Å²) in [6.45, 7) is 8.10. The summed E-state index contributed by atoms with van der Waals surface area (Å²) in [5.74, 6) is -0.513. The number of urea groups is 1. The minimum atomic E-state index is -1.15. The van der Waals surface area contributed by atoms with Gasteiger partial charge in [0.2, 0.25) is 0 Å². The third-order valence-electron chi connectivity index (χ3n) is 10.6. The van der Waals surface area contributed by atoms with Crippen LogP contribution >= 0.6 is 55.1 Å². The number of carbonyl (C=O) groups is 4. The van der Waals surface area contributed by atoms with Gasteiger partial charge in [-0.1, -0.05) is 83.9 Å². The molecule has 0 aliphatic carbocycles. The minimum absolute atomic E-state index is 0.224. The number of amides is 5. The molecule has 17 heteroatoms. The van der Waals surface area contributed by atoms with Gasteiger partial charge in [-0.3, -0.25) is 34.5 Å². The number of carboxylic acid groups (broad SMARTS) is 1. The molecule has 0 unspecified atom stereocenters. The third-order valence-corrected chi connectivity index (χ3v) is 12.4. The average Bonchev–Trinajstić information content (AvgIpc) is 3.96. The maximum atomic E-state index is 13.8. The van der Waals surface area contributed by atoms with Crippen molar-refractivity contribution in [3.05, 3.63) is 157 Å². The summed E-state index contributed by atoms with van der Waals surface area (Å²) in [6, 6.07) is 34.1. The van der Waals surface area contributed by atoms with Crippen molar-refractivity contribution in [1.29, 1.82) is 0 Å². The van der Waals surface area contributed by atoms with Crippen molar-refractivity contribution in [1.82, 2.24) is 25.6 Å². The Morgan fingerprint density at radius 1 is 0.688 bits per heavy atom. The number of anilines is 3. The lowest BCUT2D eigenvalue weighted by Crippen LogP contribution is -2.54. The van der Waals surface area contributed by atoms with Crippen LogP contribution in [0.3, 0.4) is 0 Å². The molecule has 0 bridgehead atoms. The number of nitrogens with two attached hydrogens (primary N) is 1. The van der Waals surface area contributed by atoms with Crippen LogP contribution < -0.4 is 26.4 Å². The molecule has 5 aromatic rings. The standard InChI is InChI=1S/C25H25BrClN5O2.C22H25BrClN3O3/c26-21-4-1-2-5-22(21)31-14-3-15-32(31)24(33)23(18-8-10-19(27)11-9-18)30-25(34)29-16-17-6-12-20(28)13-7-17;1-22(2,3)27(21(29)30)19(15-9-11-16(24)12-10-15)20(28)26-14-6-13-25(26)18-8-5-4-7-17(18)23/h1-2,4-13,23H,3,14-16,28H2,(H2,29,30,34);4-5,7-12,19H,6,13-14H2,1-3H3,(H,29,30)/t23-;19-/m00/s1. The highest BCUT2D eigenvalue weighted by Crippen LogP contribution is 2.36. The highest BCUT2D eigenvalue weighted by molar-refractivity contribution is 9.11. The van der Waals surface area contributed by atoms with Gasteiger partial charge < -0.3 is 21.5 Å². The normalized spacial score (nSPS) is 14.6. The first kappa shape index (κ1) is 48.0. The highest BCUT2D eigenvalue weighted by Gasteiger charge is 2.43. The molecule has 7 rings (SSSR count). The highest BCUT2D eigenvalue weighted by atomic mass is 79.9. The molecule has 0 aromatic heterocycles. The molecule has 2 aliphatic rings. The van der Waals surface area contributed by atoms with Crippen molar-refractivity contribution in [2.75, 3.05) is 41.9 Å². The smallest absolute Gasteiger partial charge is 0.408 e. The summed E-state index contributed by atoms with van der Waals surface area (Å²) in [7, 11) is 0. The first-order chi connectivity index (χ1) is 30.5. The molecule has 2 saturated heterocycles. The number of benzene rings is 5. The van der Waals surface area contributed by atoms with Crippen molar-refractivity contribution < 1.29 is 24.3 Å². The Balaban J connectivity index is 0.000000214. The SMILES string of the molecule is CC(C)(C)N(C(=O)O)[C@H](C(=O)N1CCCN1c1ccccc1Br)c1ccc(Cl)cc1.Nc1ccc(CNC(=O)N[C@H](C(=O)N2CCCN2c2ccccc2Br)c2ccc(Cl)cc2)cc1. The number of nitrogens with one attached hydrogen (secondary N) is 2. The van der Waals surface area contributed by atoms with Crippen LogP contribution in [-0.2, 0) is 16.1 Å². The van der Waals surface area contributed by atoms with E-state index in [1.54, 1.807) is 91.5 Å². The van der Waals surface area contributed by atoms with Crippen molar-refractivity contribution in [2.24, 2.45) is 0 Å². The van der Waals surface area contributed by atoms with E-state index in [-0.39, 0.29) is 11.8 Å². The van der Waals surface area contributed by atoms with Crippen LogP contribution in [0.1, 0.15) is 62.4 Å². The number of hydrazine groups is 2. The van der Waals surface area contributed by atoms with E-state index in [9.17, 15) is 24.3 Å². The quantitative estimate of drug-likeness (QED) is 0.101. The molecule has 2 heterocycles. The van der Waals surface area contributed by atoms with Gasteiger partial charge in [-0.15, -0.1) is 0 Å². The number of rotatable bonds is 10. The number of nitrogen functional groups attached to an aromatic ring is 1. The van der Waals surface area contributed by atoms with Crippen LogP contribution in [-0.4, -0.2) is 75.7 Å². The fourth-order valence-electron chi connectivity index (χ4n) is 7.57. The van der Waals surface area contributed by atoms with Gasteiger partial charge in [0.15, 0.2) is 0 Å². The van der Waals surface area contributed by atoms with Gasteiger partial charge in [0.25, 0.3) is 11.8 Å². The summed E-state index contributed by atoms with van der Waals surface area (Å²) < 4.78 is 1.77. The molecule has 64 heavy (non-hydrogen) atoms. The Labute approximate surface area is 400 Å². The molecular formula is C47H50Br2Cl2N8O5. The molecule has 2 aliphatic heterocycles. The van der Waals surface area contributed by atoms with Gasteiger partial charge in [0, 0.05) is 62.9 Å². The summed E-state index contributed by atoms with van der Waals surface area (Å²) in [5, 5.41) is 24.0. The predicted octanol–water partition coefficient (Wildman–Crippen LogP) is 10.5. The fraction of sp³-hybridized carbons (Fsp3) is 0.277. The van der Waals surface area contributed by atoms with E-state index in [0.29, 0.717) is 59.6 Å². The largest absolute Gasteiger partial charge is 0.465 e. The summed E-state index contributed by atoms with van der Waals surface area (Å²) >= 11 is 19.2. The zero-order valence-corrected chi connectivity index (χ0v) is 40.2. The van der Waals surface area contributed by atoms with Crippen LogP contribution in [0, 0.1) is 0 Å². The Morgan fingerprint density at radius 2 is 1.16 bits per heavy atom. The zero-order chi connectivity index (χ0) is 46.1. The van der Waals surface area contributed by atoms with Crippen LogP contribution in [0.4, 0.5) is 26.7 Å². The molecule has 5 N–H and O–H groups in total. The lowest BCUT2D eigenvalue weighted by molar-refractivity contribution is -0.138. The van der Waals surface area contributed by atoms with Crippen molar-refractivity contribution >= 4 is 96.1 Å². The van der Waals surface area contributed by atoms with Crippen LogP contribution in [0.2, 0.25) is 10.0 Å². The first-order valence-corrected chi connectivity index (χ1v) is 23.0. The van der Waals surface area contributed by atoms with E-state index in [2.05, 4.69) is 42.5 Å². The Kier molecular flexibility index (Phi) is 16.1. The molecule has 336 valence electrons. The van der Waals surface area contributed by atoms with Crippen LogP contribution in [0.15, 0.2) is 130 Å². The first-order valence-electron chi connectivity index (χ1n) is 20.6. The predicted molar refractivity (Wildman–Crippen MR) is 260 cm³/mol. The topological polar surface area (TPSA) is 155 Å². The van der Waals surface area contributed by atoms with Gasteiger partial charge in [-0.2, -0.15) is 0 Å². The Bertz CT molecular complexity index is 2420. The fourth-order valence-corrected chi connectivity index (χ4v) is 8.80. The molecule has 2 atom stereocenters. The van der Waals surface area contributed by atoms with Crippen molar-refractivity contribution in [3.63, 3.8) is 0 Å². The lowest BCUT2D eigenvalue weighted by Gasteiger charge is -2.42. The van der Waals surface area contributed by atoms with Crippen LogP contribution in [0.25, 0.3) is 0 Å². The Hall–Kier alpha value is -5.48. The maximum Gasteiger partial charge on any atom is 0.408 e. The van der Waals surface area contributed by atoms with Crippen LogP contribution in [0.5, 0.6) is 0 Å². The molecule has 0 radical (unpaired) electrons. The van der Waals surface area contributed by atoms with Gasteiger partial charge in [0.1, 0.15) is 12.1 Å². The van der Waals surface area contributed by atoms with E-state index >= 15 is 0 Å². The molecular weight excluding hydrogens is 987 g/mol. The van der Waals surface area contributed by atoms with E-state index in [0.717, 1.165) is 38.7 Å². The summed E-state index contributed by atoms with van der Waals surface area (Å²) in [5.41, 5.74) is 9.49. The van der Waals surface area contributed by atoms with E-state index in [1.807, 2.05) is 70.7 Å². The Morgan fingerprint density at radius 3 is 1.62 bits per heavy atom. The maximum absolute atomic E-state index is 13.8. The number of hydrogen-bond donors (Lipinski definition) is 4. The van der Waals surface area contributed by atoms with Gasteiger partial charge in [-0.25, -0.2) is 9.59 Å². The molecule has 5 aromatic carbocycles. The summed E-state index contributed by atoms with van der Waals surface area (Å²) in [4.78, 5) is 53.9. The van der Waals surface area contributed by atoms with Crippen molar-refractivity contribution in [3.8, 4) is 0 Å². The molecule has 13 nitrogen and oxygen atoms in total. The second kappa shape index (κ2) is 21.5. The van der Waals surface area contributed by atoms with E-state index in [1.165, 1.54) is 4.90 Å². The number of halogens is 4. The molecule has 0 spiro atoms. The molecule has 2 fully saturated rings. The number of nitrogens with zero attached hydrogens (tertiary/aromatic N) is 5. The second-order valence-corrected chi connectivity index (χ2v) is 18.7. The number of hydrogen-bond acceptors (Lipinski definition) is 7. The third kappa shape index (κ3) is 11.8. The number of carbonyl (C=O) groups excluding carboxylic acids is 3. The number of para-hydroxylation sites is 2. The average molecular weight is 1040 g/mol. The second-order valence-electron chi connectivity index (χ2n) is 16.1. The van der Waals surface area contributed by atoms with Crippen molar-refractivity contribution in [2.45, 2.75) is 57.8 Å². The van der Waals surface area contributed by atoms with Gasteiger partial charge in [0.05, 0.1) is 11.4 Å². The molecule has 5 amide bonds. The minimum Gasteiger partial charge on any atom is -0.465 e. The molecule has 0 saturated carbocycles. The van der Waals surface area contributed by atoms with Gasteiger partial charge >= 0.3 is 12.1 Å². The van der Waals surface area contributed by atoms with Gasteiger partial charge in [-0.05, 0) is 143 Å². The van der Waals surface area contributed by atoms with E-state index < -0.39 is 29.7 Å².